The molecule has 1 N–H and O–H groups in total. The van der Waals surface area contributed by atoms with E-state index in [0.29, 0.717) is 17.5 Å². The number of carbonyl (C=O) groups is 1. The summed E-state index contributed by atoms with van der Waals surface area (Å²) in [6, 6.07) is 10.3. The van der Waals surface area contributed by atoms with Crippen LogP contribution in [0, 0.1) is 16.7 Å². The third-order valence-electron chi connectivity index (χ3n) is 6.59. The molecule has 1 aromatic rings. The van der Waals surface area contributed by atoms with Crippen LogP contribution in [-0.4, -0.2) is 47.7 Å². The molecule has 1 spiro atoms. The van der Waals surface area contributed by atoms with E-state index in [2.05, 4.69) is 15.9 Å². The zero-order valence-electron chi connectivity index (χ0n) is 15.2. The number of nitriles is 1. The molecule has 3 fully saturated rings. The second-order valence-electron chi connectivity index (χ2n) is 8.15. The van der Waals surface area contributed by atoms with E-state index >= 15 is 0 Å². The van der Waals surface area contributed by atoms with E-state index in [-0.39, 0.29) is 11.5 Å². The number of carbonyl (C=O) groups excluding carboxylic acids is 1. The first-order chi connectivity index (χ1) is 12.6. The summed E-state index contributed by atoms with van der Waals surface area (Å²) in [6.45, 7) is 2.47. The summed E-state index contributed by atoms with van der Waals surface area (Å²) in [6.07, 6.45) is 6.12. The third-order valence-corrected chi connectivity index (χ3v) is 6.59. The van der Waals surface area contributed by atoms with Crippen LogP contribution in [0.2, 0.25) is 0 Å². The SMILES string of the molecule is N#Cc1ccccc1N1CCCC2(CCN([C@H]3CC[C@H](O)CC3)C2=O)C1. The van der Waals surface area contributed by atoms with Gasteiger partial charge < -0.3 is 14.9 Å². The van der Waals surface area contributed by atoms with E-state index in [0.717, 1.165) is 70.3 Å². The van der Waals surface area contributed by atoms with Crippen LogP contribution in [0.5, 0.6) is 0 Å². The molecular weight excluding hydrogens is 326 g/mol. The fraction of sp³-hybridized carbons (Fsp3) is 0.619. The zero-order valence-corrected chi connectivity index (χ0v) is 15.2. The molecule has 1 atom stereocenters. The standard InChI is InChI=1S/C21H27N3O2/c22-14-16-4-1-2-5-19(16)23-12-3-10-21(15-23)11-13-24(20(21)26)17-6-8-18(25)9-7-17/h1-2,4-5,17-18,25H,3,6-13,15H2/t17-,18-,21?. The lowest BCUT2D eigenvalue weighted by Gasteiger charge is -2.41. The van der Waals surface area contributed by atoms with Crippen molar-refractivity contribution in [1.29, 1.82) is 5.26 Å². The minimum atomic E-state index is -0.295. The minimum Gasteiger partial charge on any atom is -0.393 e. The van der Waals surface area contributed by atoms with E-state index < -0.39 is 0 Å². The lowest BCUT2D eigenvalue weighted by molar-refractivity contribution is -0.139. The number of benzene rings is 1. The summed E-state index contributed by atoms with van der Waals surface area (Å²) in [7, 11) is 0. The summed E-state index contributed by atoms with van der Waals surface area (Å²) in [5.41, 5.74) is 1.35. The number of hydrogen-bond acceptors (Lipinski definition) is 4. The molecule has 3 aliphatic rings. The van der Waals surface area contributed by atoms with Gasteiger partial charge >= 0.3 is 0 Å². The normalized spacial score (nSPS) is 32.1. The van der Waals surface area contributed by atoms with E-state index in [9.17, 15) is 15.2 Å². The number of nitrogens with zero attached hydrogens (tertiary/aromatic N) is 3. The fourth-order valence-corrected chi connectivity index (χ4v) is 5.13. The highest BCUT2D eigenvalue weighted by Crippen LogP contribution is 2.43. The molecule has 0 aromatic heterocycles. The molecule has 26 heavy (non-hydrogen) atoms. The lowest BCUT2D eigenvalue weighted by Crippen LogP contribution is -2.50. The number of anilines is 1. The Morgan fingerprint density at radius 3 is 2.65 bits per heavy atom. The minimum absolute atomic E-state index is 0.189. The van der Waals surface area contributed by atoms with Crippen molar-refractivity contribution in [1.82, 2.24) is 4.90 Å². The van der Waals surface area contributed by atoms with Crippen LogP contribution in [0.3, 0.4) is 0 Å². The Morgan fingerprint density at radius 1 is 1.12 bits per heavy atom. The second-order valence-corrected chi connectivity index (χ2v) is 8.15. The number of rotatable bonds is 2. The maximum absolute atomic E-state index is 13.4. The average molecular weight is 353 g/mol. The van der Waals surface area contributed by atoms with Crippen molar-refractivity contribution in [3.05, 3.63) is 29.8 Å². The van der Waals surface area contributed by atoms with Gasteiger partial charge in [0.15, 0.2) is 0 Å². The van der Waals surface area contributed by atoms with Gasteiger partial charge in [-0.15, -0.1) is 0 Å². The monoisotopic (exact) mass is 353 g/mol. The molecule has 2 saturated heterocycles. The Kier molecular flexibility index (Phi) is 4.62. The first kappa shape index (κ1) is 17.4. The predicted octanol–water partition coefficient (Wildman–Crippen LogP) is 2.68. The number of amides is 1. The highest BCUT2D eigenvalue weighted by molar-refractivity contribution is 5.86. The van der Waals surface area contributed by atoms with Crippen molar-refractivity contribution in [2.45, 2.75) is 57.1 Å². The molecule has 5 heteroatoms. The predicted molar refractivity (Wildman–Crippen MR) is 99.6 cm³/mol. The van der Waals surface area contributed by atoms with Gasteiger partial charge in [0.1, 0.15) is 6.07 Å². The Morgan fingerprint density at radius 2 is 1.88 bits per heavy atom. The topological polar surface area (TPSA) is 67.6 Å². The molecule has 4 rings (SSSR count). The summed E-state index contributed by atoms with van der Waals surface area (Å²) in [4.78, 5) is 17.7. The first-order valence-corrected chi connectivity index (χ1v) is 9.86. The van der Waals surface area contributed by atoms with Crippen molar-refractivity contribution >= 4 is 11.6 Å². The van der Waals surface area contributed by atoms with Gasteiger partial charge in [0.25, 0.3) is 0 Å². The van der Waals surface area contributed by atoms with Crippen molar-refractivity contribution < 1.29 is 9.90 Å². The van der Waals surface area contributed by atoms with E-state index in [1.165, 1.54) is 0 Å². The van der Waals surface area contributed by atoms with Crippen molar-refractivity contribution in [2.24, 2.45) is 5.41 Å². The number of aliphatic hydroxyl groups is 1. The molecule has 0 bridgehead atoms. The van der Waals surface area contributed by atoms with Crippen LogP contribution < -0.4 is 4.90 Å². The van der Waals surface area contributed by atoms with Crippen LogP contribution in [0.15, 0.2) is 24.3 Å². The molecule has 5 nitrogen and oxygen atoms in total. The zero-order chi connectivity index (χ0) is 18.1. The summed E-state index contributed by atoms with van der Waals surface area (Å²) in [5.74, 6) is 0.304. The van der Waals surface area contributed by atoms with Gasteiger partial charge in [0.05, 0.1) is 22.8 Å². The molecule has 1 saturated carbocycles. The van der Waals surface area contributed by atoms with E-state index in [4.69, 9.17) is 0 Å². The first-order valence-electron chi connectivity index (χ1n) is 9.86. The van der Waals surface area contributed by atoms with Crippen LogP contribution in [-0.2, 0) is 4.79 Å². The summed E-state index contributed by atoms with van der Waals surface area (Å²) in [5, 5.41) is 19.2. The molecule has 1 amide bonds. The molecular formula is C21H27N3O2. The van der Waals surface area contributed by atoms with Gasteiger partial charge in [0.2, 0.25) is 5.91 Å². The lowest BCUT2D eigenvalue weighted by atomic mass is 9.78. The highest BCUT2D eigenvalue weighted by Gasteiger charge is 2.50. The van der Waals surface area contributed by atoms with Gasteiger partial charge in [-0.05, 0) is 57.1 Å². The Hall–Kier alpha value is -2.06. The van der Waals surface area contributed by atoms with Gasteiger partial charge in [-0.25, -0.2) is 0 Å². The van der Waals surface area contributed by atoms with E-state index in [1.807, 2.05) is 24.3 Å². The van der Waals surface area contributed by atoms with Gasteiger partial charge in [-0.1, -0.05) is 12.1 Å². The largest absolute Gasteiger partial charge is 0.393 e. The third kappa shape index (κ3) is 2.97. The molecule has 1 aliphatic carbocycles. The van der Waals surface area contributed by atoms with Gasteiger partial charge in [-0.2, -0.15) is 5.26 Å². The average Bonchev–Trinajstić information content (AvgIpc) is 2.98. The number of hydrogen-bond donors (Lipinski definition) is 1. The molecule has 1 aromatic carbocycles. The maximum Gasteiger partial charge on any atom is 0.230 e. The summed E-state index contributed by atoms with van der Waals surface area (Å²) < 4.78 is 0. The number of aliphatic hydroxyl groups excluding tert-OH is 1. The molecule has 1 unspecified atom stereocenters. The Labute approximate surface area is 155 Å². The van der Waals surface area contributed by atoms with E-state index in [1.54, 1.807) is 0 Å². The van der Waals surface area contributed by atoms with Gasteiger partial charge in [-0.3, -0.25) is 4.79 Å². The summed E-state index contributed by atoms with van der Waals surface area (Å²) >= 11 is 0. The smallest absolute Gasteiger partial charge is 0.230 e. The molecule has 2 heterocycles. The maximum atomic E-state index is 13.4. The fourth-order valence-electron chi connectivity index (χ4n) is 5.13. The number of likely N-dealkylation sites (tertiary alicyclic amines) is 1. The molecule has 0 radical (unpaired) electrons. The Balaban J connectivity index is 1.52. The van der Waals surface area contributed by atoms with Crippen LogP contribution in [0.1, 0.15) is 50.5 Å². The van der Waals surface area contributed by atoms with Crippen molar-refractivity contribution in [3.63, 3.8) is 0 Å². The second kappa shape index (κ2) is 6.92. The van der Waals surface area contributed by atoms with Crippen molar-refractivity contribution in [2.75, 3.05) is 24.5 Å². The number of piperidine rings is 1. The number of para-hydroxylation sites is 1. The van der Waals surface area contributed by atoms with Crippen LogP contribution >= 0.6 is 0 Å². The quantitative estimate of drug-likeness (QED) is 0.888. The van der Waals surface area contributed by atoms with Crippen LogP contribution in [0.25, 0.3) is 0 Å². The van der Waals surface area contributed by atoms with Crippen molar-refractivity contribution in [3.8, 4) is 6.07 Å². The Bertz CT molecular complexity index is 720. The molecule has 138 valence electrons. The van der Waals surface area contributed by atoms with Gasteiger partial charge in [0, 0.05) is 25.7 Å². The molecule has 2 aliphatic heterocycles. The highest BCUT2D eigenvalue weighted by atomic mass is 16.3. The van der Waals surface area contributed by atoms with Crippen LogP contribution in [0.4, 0.5) is 5.69 Å².